The smallest absolute Gasteiger partial charge is 0.258 e. The molecule has 1 saturated carbocycles. The zero-order valence-corrected chi connectivity index (χ0v) is 10.7. The molecule has 19 heavy (non-hydrogen) atoms. The maximum absolute atomic E-state index is 11.7. The van der Waals surface area contributed by atoms with Crippen LogP contribution in [0.25, 0.3) is 0 Å². The quantitative estimate of drug-likeness (QED) is 0.317. The van der Waals surface area contributed by atoms with Gasteiger partial charge in [-0.25, -0.2) is 0 Å². The Balaban J connectivity index is 1.97. The van der Waals surface area contributed by atoms with Gasteiger partial charge < -0.3 is 21.0 Å². The lowest BCUT2D eigenvalue weighted by molar-refractivity contribution is -0.123. The third kappa shape index (κ3) is 3.37. The summed E-state index contributed by atoms with van der Waals surface area (Å²) in [5, 5.41) is 14.5. The number of ether oxygens (including phenoxy) is 1. The van der Waals surface area contributed by atoms with Gasteiger partial charge in [-0.15, -0.1) is 0 Å². The van der Waals surface area contributed by atoms with Gasteiger partial charge in [0.1, 0.15) is 5.75 Å². The van der Waals surface area contributed by atoms with E-state index in [1.165, 1.54) is 0 Å². The molecule has 1 fully saturated rings. The zero-order chi connectivity index (χ0) is 13.9. The van der Waals surface area contributed by atoms with Gasteiger partial charge in [0.05, 0.1) is 5.56 Å². The van der Waals surface area contributed by atoms with Crippen molar-refractivity contribution in [1.29, 1.82) is 0 Å². The van der Waals surface area contributed by atoms with Crippen LogP contribution in [0.3, 0.4) is 0 Å². The third-order valence-corrected chi connectivity index (χ3v) is 3.07. The van der Waals surface area contributed by atoms with Crippen LogP contribution >= 0.6 is 0 Å². The lowest BCUT2D eigenvalue weighted by atomic mass is 10.2. The van der Waals surface area contributed by atoms with Crippen LogP contribution in [0.5, 0.6) is 5.75 Å². The van der Waals surface area contributed by atoms with Gasteiger partial charge >= 0.3 is 0 Å². The van der Waals surface area contributed by atoms with Crippen LogP contribution in [-0.2, 0) is 4.79 Å². The lowest BCUT2D eigenvalue weighted by Crippen LogP contribution is -2.37. The molecule has 2 rings (SSSR count). The fourth-order valence-corrected chi connectivity index (χ4v) is 1.69. The van der Waals surface area contributed by atoms with Gasteiger partial charge in [0, 0.05) is 5.54 Å². The Morgan fingerprint density at radius 2 is 2.21 bits per heavy atom. The van der Waals surface area contributed by atoms with Crippen molar-refractivity contribution >= 4 is 11.7 Å². The highest BCUT2D eigenvalue weighted by Gasteiger charge is 2.38. The van der Waals surface area contributed by atoms with Gasteiger partial charge in [-0.2, -0.15) is 0 Å². The Hall–Kier alpha value is -2.24. The molecule has 4 N–H and O–H groups in total. The molecule has 102 valence electrons. The number of hydrogen-bond acceptors (Lipinski definition) is 4. The molecule has 0 heterocycles. The number of benzene rings is 1. The van der Waals surface area contributed by atoms with Gasteiger partial charge in [0.15, 0.2) is 12.4 Å². The van der Waals surface area contributed by atoms with Crippen LogP contribution in [0.1, 0.15) is 25.3 Å². The first-order valence-corrected chi connectivity index (χ1v) is 6.05. The fraction of sp³-hybridized carbons (Fsp3) is 0.385. The van der Waals surface area contributed by atoms with Crippen molar-refractivity contribution in [3.8, 4) is 5.75 Å². The number of carbonyl (C=O) groups is 1. The lowest BCUT2D eigenvalue weighted by Gasteiger charge is -2.13. The van der Waals surface area contributed by atoms with E-state index in [0.29, 0.717) is 11.3 Å². The molecule has 0 bridgehead atoms. The number of oxime groups is 1. The Morgan fingerprint density at radius 3 is 2.84 bits per heavy atom. The first kappa shape index (κ1) is 13.2. The minimum Gasteiger partial charge on any atom is -0.483 e. The van der Waals surface area contributed by atoms with E-state index in [0.717, 1.165) is 12.8 Å². The molecule has 0 aliphatic heterocycles. The summed E-state index contributed by atoms with van der Waals surface area (Å²) in [4.78, 5) is 11.7. The first-order chi connectivity index (χ1) is 9.04. The summed E-state index contributed by atoms with van der Waals surface area (Å²) in [5.41, 5.74) is 5.92. The fourth-order valence-electron chi connectivity index (χ4n) is 1.69. The highest BCUT2D eigenvalue weighted by Crippen LogP contribution is 2.34. The molecule has 1 aromatic carbocycles. The molecular weight excluding hydrogens is 246 g/mol. The molecule has 0 unspecified atom stereocenters. The first-order valence-electron chi connectivity index (χ1n) is 6.05. The average Bonchev–Trinajstić information content (AvgIpc) is 3.13. The normalized spacial score (nSPS) is 16.8. The van der Waals surface area contributed by atoms with Gasteiger partial charge in [0.25, 0.3) is 5.91 Å². The Labute approximate surface area is 111 Å². The molecule has 0 atom stereocenters. The molecule has 0 spiro atoms. The number of amidine groups is 1. The molecule has 6 heteroatoms. The van der Waals surface area contributed by atoms with Crippen LogP contribution in [0.15, 0.2) is 29.4 Å². The molecule has 6 nitrogen and oxygen atoms in total. The minimum absolute atomic E-state index is 0.0508. The van der Waals surface area contributed by atoms with Gasteiger partial charge in [-0.05, 0) is 31.9 Å². The van der Waals surface area contributed by atoms with Crippen LogP contribution in [0.4, 0.5) is 0 Å². The van der Waals surface area contributed by atoms with Crippen molar-refractivity contribution in [1.82, 2.24) is 5.32 Å². The maximum atomic E-state index is 11.7. The Bertz CT molecular complexity index is 510. The van der Waals surface area contributed by atoms with Gasteiger partial charge in [0.2, 0.25) is 0 Å². The number of amides is 1. The van der Waals surface area contributed by atoms with Crippen molar-refractivity contribution in [3.05, 3.63) is 29.8 Å². The predicted molar refractivity (Wildman–Crippen MR) is 70.2 cm³/mol. The number of hydrogen-bond donors (Lipinski definition) is 3. The minimum atomic E-state index is -0.172. The van der Waals surface area contributed by atoms with Crippen molar-refractivity contribution in [2.75, 3.05) is 6.61 Å². The topological polar surface area (TPSA) is 96.9 Å². The van der Waals surface area contributed by atoms with Crippen LogP contribution in [0, 0.1) is 0 Å². The second kappa shape index (κ2) is 5.17. The van der Waals surface area contributed by atoms with Crippen molar-refractivity contribution in [2.24, 2.45) is 10.9 Å². The molecular formula is C13H17N3O3. The third-order valence-electron chi connectivity index (χ3n) is 3.07. The van der Waals surface area contributed by atoms with Crippen LogP contribution in [0.2, 0.25) is 0 Å². The van der Waals surface area contributed by atoms with E-state index in [1.807, 2.05) is 6.92 Å². The maximum Gasteiger partial charge on any atom is 0.258 e. The van der Waals surface area contributed by atoms with Crippen molar-refractivity contribution in [2.45, 2.75) is 25.3 Å². The number of nitrogens with zero attached hydrogens (tertiary/aromatic N) is 1. The predicted octanol–water partition coefficient (Wildman–Crippen LogP) is 0.829. The molecule has 1 aliphatic rings. The van der Waals surface area contributed by atoms with Crippen molar-refractivity contribution < 1.29 is 14.7 Å². The van der Waals surface area contributed by atoms with Gasteiger partial charge in [-0.3, -0.25) is 4.79 Å². The van der Waals surface area contributed by atoms with E-state index in [-0.39, 0.29) is 23.9 Å². The van der Waals surface area contributed by atoms with Crippen LogP contribution < -0.4 is 15.8 Å². The summed E-state index contributed by atoms with van der Waals surface area (Å²) in [6.07, 6.45) is 2.00. The summed E-state index contributed by atoms with van der Waals surface area (Å²) in [6.45, 7) is 1.90. The second-order valence-corrected chi connectivity index (χ2v) is 4.88. The second-order valence-electron chi connectivity index (χ2n) is 4.88. The summed E-state index contributed by atoms with van der Waals surface area (Å²) in [6, 6.07) is 6.82. The SMILES string of the molecule is CC1(NC(=O)COc2ccccc2/C(N)=N/O)CC1. The molecule has 0 aromatic heterocycles. The molecule has 1 aliphatic carbocycles. The summed E-state index contributed by atoms with van der Waals surface area (Å²) in [7, 11) is 0. The highest BCUT2D eigenvalue weighted by molar-refractivity contribution is 5.99. The molecule has 1 amide bonds. The molecule has 1 aromatic rings. The zero-order valence-electron chi connectivity index (χ0n) is 10.7. The Kier molecular flexibility index (Phi) is 3.59. The monoisotopic (exact) mass is 263 g/mol. The summed E-state index contributed by atoms with van der Waals surface area (Å²) >= 11 is 0. The van der Waals surface area contributed by atoms with Gasteiger partial charge in [-0.1, -0.05) is 17.3 Å². The summed E-state index contributed by atoms with van der Waals surface area (Å²) in [5.74, 6) is 0.188. The van der Waals surface area contributed by atoms with E-state index in [2.05, 4.69) is 10.5 Å². The standard InChI is InChI=1S/C13H17N3O3/c1-13(6-7-13)15-11(17)8-19-10-5-3-2-4-9(10)12(14)16-18/h2-5,18H,6-8H2,1H3,(H2,14,16)(H,15,17). The van der Waals surface area contributed by atoms with E-state index < -0.39 is 0 Å². The van der Waals surface area contributed by atoms with E-state index in [4.69, 9.17) is 15.7 Å². The number of nitrogens with one attached hydrogen (secondary N) is 1. The molecule has 0 saturated heterocycles. The van der Waals surface area contributed by atoms with Crippen molar-refractivity contribution in [3.63, 3.8) is 0 Å². The van der Waals surface area contributed by atoms with Crippen LogP contribution in [-0.4, -0.2) is 29.1 Å². The number of nitrogens with two attached hydrogens (primary N) is 1. The van der Waals surface area contributed by atoms with E-state index >= 15 is 0 Å². The number of carbonyl (C=O) groups excluding carboxylic acids is 1. The number of para-hydroxylation sites is 1. The van der Waals surface area contributed by atoms with E-state index in [1.54, 1.807) is 24.3 Å². The molecule has 0 radical (unpaired) electrons. The largest absolute Gasteiger partial charge is 0.483 e. The Morgan fingerprint density at radius 1 is 1.53 bits per heavy atom. The number of rotatable bonds is 5. The summed E-state index contributed by atoms with van der Waals surface area (Å²) < 4.78 is 5.41. The van der Waals surface area contributed by atoms with E-state index in [9.17, 15) is 4.79 Å². The highest BCUT2D eigenvalue weighted by atomic mass is 16.5. The average molecular weight is 263 g/mol.